The summed E-state index contributed by atoms with van der Waals surface area (Å²) in [7, 11) is 2.99. The minimum absolute atomic E-state index is 0.249. The highest BCUT2D eigenvalue weighted by atomic mass is 32.2. The van der Waals surface area contributed by atoms with Crippen molar-refractivity contribution in [2.24, 2.45) is 10.2 Å². The van der Waals surface area contributed by atoms with E-state index in [1.807, 2.05) is 89.7 Å². The number of thioether (sulfide) groups is 1. The lowest BCUT2D eigenvalue weighted by molar-refractivity contribution is -0.132. The van der Waals surface area contributed by atoms with Crippen LogP contribution in [0.3, 0.4) is 0 Å². The molecule has 5 rings (SSSR count). The molecule has 0 saturated carbocycles. The van der Waals surface area contributed by atoms with Crippen LogP contribution in [0.15, 0.2) is 89.1 Å². The van der Waals surface area contributed by atoms with Crippen molar-refractivity contribution in [3.8, 4) is 5.75 Å². The Hall–Kier alpha value is -3.78. The third kappa shape index (κ3) is 3.34. The van der Waals surface area contributed by atoms with Crippen LogP contribution in [0.1, 0.15) is 18.1 Å². The lowest BCUT2D eigenvalue weighted by Crippen LogP contribution is -2.53. The van der Waals surface area contributed by atoms with Crippen LogP contribution in [0.25, 0.3) is 0 Å². The molecule has 0 saturated heterocycles. The number of fused-ring (bicyclic) bond motifs is 2. The van der Waals surface area contributed by atoms with Gasteiger partial charge in [-0.2, -0.15) is 10.2 Å². The van der Waals surface area contributed by atoms with Crippen LogP contribution in [0.5, 0.6) is 5.75 Å². The number of ether oxygens (including phenoxy) is 2. The van der Waals surface area contributed by atoms with Gasteiger partial charge in [-0.1, -0.05) is 42.5 Å². The highest BCUT2D eigenvalue weighted by Crippen LogP contribution is 2.54. The number of para-hydroxylation sites is 1. The zero-order valence-electron chi connectivity index (χ0n) is 18.4. The molecule has 0 aliphatic carbocycles. The molecule has 3 aromatic rings. The molecule has 2 heterocycles. The van der Waals surface area contributed by atoms with Crippen molar-refractivity contribution < 1.29 is 14.3 Å². The van der Waals surface area contributed by atoms with Crippen molar-refractivity contribution >= 4 is 39.9 Å². The molecule has 1 atom stereocenters. The van der Waals surface area contributed by atoms with E-state index in [-0.39, 0.29) is 5.04 Å². The molecular formula is C25H22N4O3S. The van der Waals surface area contributed by atoms with Gasteiger partial charge in [0.2, 0.25) is 10.0 Å². The summed E-state index contributed by atoms with van der Waals surface area (Å²) >= 11 is 1.32. The number of methoxy groups -OCH3 is 2. The van der Waals surface area contributed by atoms with Crippen LogP contribution in [0, 0.1) is 0 Å². The second-order valence-electron chi connectivity index (χ2n) is 7.50. The lowest BCUT2D eigenvalue weighted by Gasteiger charge is -2.46. The van der Waals surface area contributed by atoms with E-state index in [1.165, 1.54) is 18.9 Å². The van der Waals surface area contributed by atoms with E-state index in [0.717, 1.165) is 34.0 Å². The number of benzene rings is 3. The third-order valence-electron chi connectivity index (χ3n) is 5.60. The molecule has 0 bridgehead atoms. The Morgan fingerprint density at radius 1 is 0.848 bits per heavy atom. The highest BCUT2D eigenvalue weighted by molar-refractivity contribution is 8.16. The van der Waals surface area contributed by atoms with Crippen molar-refractivity contribution in [3.05, 3.63) is 90.0 Å². The maximum atomic E-state index is 12.7. The van der Waals surface area contributed by atoms with Crippen molar-refractivity contribution in [1.29, 1.82) is 0 Å². The van der Waals surface area contributed by atoms with Gasteiger partial charge in [-0.05, 0) is 55.1 Å². The number of anilines is 2. The first-order valence-electron chi connectivity index (χ1n) is 10.4. The Labute approximate surface area is 196 Å². The number of carbonyl (C=O) groups is 1. The van der Waals surface area contributed by atoms with Gasteiger partial charge in [-0.3, -0.25) is 0 Å². The number of hydrogen-bond acceptors (Lipinski definition) is 8. The van der Waals surface area contributed by atoms with Crippen molar-refractivity contribution in [2.75, 3.05) is 24.2 Å². The van der Waals surface area contributed by atoms with Crippen LogP contribution < -0.4 is 14.8 Å². The topological polar surface area (TPSA) is 66.7 Å². The summed E-state index contributed by atoms with van der Waals surface area (Å²) in [5.74, 6) is 0.238. The first-order valence-corrected chi connectivity index (χ1v) is 11.2. The predicted octanol–water partition coefficient (Wildman–Crippen LogP) is 4.79. The second kappa shape index (κ2) is 8.29. The maximum Gasteiger partial charge on any atom is 0.365 e. The zero-order chi connectivity index (χ0) is 23.0. The van der Waals surface area contributed by atoms with E-state index >= 15 is 0 Å². The molecular weight excluding hydrogens is 436 g/mol. The summed E-state index contributed by atoms with van der Waals surface area (Å²) in [6.45, 7) is 1.99. The van der Waals surface area contributed by atoms with Crippen molar-refractivity contribution in [1.82, 2.24) is 0 Å². The lowest BCUT2D eigenvalue weighted by atomic mass is 9.98. The van der Waals surface area contributed by atoms with Gasteiger partial charge in [0.25, 0.3) is 0 Å². The average Bonchev–Trinajstić information content (AvgIpc) is 3.27. The molecule has 166 valence electrons. The molecule has 1 spiro atoms. The minimum atomic E-state index is -0.977. The molecule has 3 aromatic carbocycles. The number of hydrazone groups is 2. The fourth-order valence-electron chi connectivity index (χ4n) is 4.06. The van der Waals surface area contributed by atoms with Gasteiger partial charge in [-0.15, -0.1) is 0 Å². The monoisotopic (exact) mass is 458 g/mol. The van der Waals surface area contributed by atoms with Gasteiger partial charge in [-0.25, -0.2) is 14.8 Å². The van der Waals surface area contributed by atoms with Gasteiger partial charge in [0, 0.05) is 11.1 Å². The molecule has 0 aromatic heterocycles. The Bertz CT molecular complexity index is 1260. The van der Waals surface area contributed by atoms with Gasteiger partial charge in [0.15, 0.2) is 0 Å². The van der Waals surface area contributed by atoms with Crippen LogP contribution in [0.2, 0.25) is 0 Å². The number of carbonyl (C=O) groups excluding carboxylic acids is 1. The van der Waals surface area contributed by atoms with E-state index in [4.69, 9.17) is 19.7 Å². The quantitative estimate of drug-likeness (QED) is 0.524. The molecule has 0 N–H and O–H groups in total. The standard InChI is InChI=1S/C25H22N4O3S/c1-17-21-11-7-8-12-22(21)25(28(26-17)18-9-5-4-6-10-18)29(27-23(33-25)24(30)32-3)19-13-15-20(31-2)16-14-19/h4-16H,1-3H3/t25-/m1/s1. The fraction of sp³-hybridized carbons (Fsp3) is 0.160. The van der Waals surface area contributed by atoms with Gasteiger partial charge in [0.1, 0.15) is 5.75 Å². The van der Waals surface area contributed by atoms with E-state index < -0.39 is 11.0 Å². The summed E-state index contributed by atoms with van der Waals surface area (Å²) in [6.07, 6.45) is 0. The Kier molecular flexibility index (Phi) is 5.30. The maximum absolute atomic E-state index is 12.7. The molecule has 2 aliphatic heterocycles. The molecule has 0 fully saturated rings. The molecule has 7 nitrogen and oxygen atoms in total. The summed E-state index contributed by atoms with van der Waals surface area (Å²) < 4.78 is 10.4. The Balaban J connectivity index is 1.78. The number of nitrogens with zero attached hydrogens (tertiary/aromatic N) is 4. The normalized spacial score (nSPS) is 19.1. The molecule has 0 amide bonds. The van der Waals surface area contributed by atoms with E-state index in [0.29, 0.717) is 0 Å². The van der Waals surface area contributed by atoms with E-state index in [2.05, 4.69) is 6.07 Å². The van der Waals surface area contributed by atoms with Gasteiger partial charge >= 0.3 is 5.97 Å². The van der Waals surface area contributed by atoms with Crippen LogP contribution in [0.4, 0.5) is 11.4 Å². The summed E-state index contributed by atoms with van der Waals surface area (Å²) in [4.78, 5) is 11.7. The van der Waals surface area contributed by atoms with Crippen LogP contribution >= 0.6 is 11.8 Å². The SMILES string of the molecule is COC(=O)C1=NN(c2ccc(OC)cc2)[C@@]2(S1)c1ccccc1C(C)=NN2c1ccccc1. The number of esters is 1. The van der Waals surface area contributed by atoms with Crippen LogP contribution in [-0.2, 0) is 14.5 Å². The summed E-state index contributed by atoms with van der Waals surface area (Å²) in [6, 6.07) is 25.5. The van der Waals surface area contributed by atoms with Crippen molar-refractivity contribution in [3.63, 3.8) is 0 Å². The van der Waals surface area contributed by atoms with Gasteiger partial charge < -0.3 is 9.47 Å². The van der Waals surface area contributed by atoms with Crippen LogP contribution in [-0.4, -0.2) is 30.9 Å². The molecule has 2 aliphatic rings. The van der Waals surface area contributed by atoms with E-state index in [9.17, 15) is 4.79 Å². The summed E-state index contributed by atoms with van der Waals surface area (Å²) in [5, 5.41) is 13.8. The molecule has 8 heteroatoms. The minimum Gasteiger partial charge on any atom is -0.497 e. The molecule has 0 unspecified atom stereocenters. The predicted molar refractivity (Wildman–Crippen MR) is 132 cm³/mol. The fourth-order valence-corrected chi connectivity index (χ4v) is 5.37. The first kappa shape index (κ1) is 21.1. The summed E-state index contributed by atoms with van der Waals surface area (Å²) in [5.41, 5.74) is 4.51. The highest BCUT2D eigenvalue weighted by Gasteiger charge is 2.56. The second-order valence-corrected chi connectivity index (χ2v) is 8.66. The molecule has 33 heavy (non-hydrogen) atoms. The third-order valence-corrected chi connectivity index (χ3v) is 6.89. The Morgan fingerprint density at radius 2 is 1.48 bits per heavy atom. The average molecular weight is 459 g/mol. The number of rotatable bonds is 4. The Morgan fingerprint density at radius 3 is 2.18 bits per heavy atom. The largest absolute Gasteiger partial charge is 0.497 e. The first-order chi connectivity index (χ1) is 16.1. The van der Waals surface area contributed by atoms with Gasteiger partial charge in [0.05, 0.1) is 31.3 Å². The zero-order valence-corrected chi connectivity index (χ0v) is 19.2. The van der Waals surface area contributed by atoms with E-state index in [1.54, 1.807) is 7.11 Å². The smallest absolute Gasteiger partial charge is 0.365 e. The van der Waals surface area contributed by atoms with Crippen molar-refractivity contribution in [2.45, 2.75) is 11.9 Å². The molecule has 0 radical (unpaired) electrons. The number of hydrogen-bond donors (Lipinski definition) is 0.